The summed E-state index contributed by atoms with van der Waals surface area (Å²) >= 11 is 0. The third-order valence-electron chi connectivity index (χ3n) is 2.78. The van der Waals surface area contributed by atoms with Crippen molar-refractivity contribution in [2.45, 2.75) is 18.8 Å². The zero-order valence-corrected chi connectivity index (χ0v) is 8.03. The van der Waals surface area contributed by atoms with E-state index in [0.717, 1.165) is 31.5 Å². The molecular weight excluding hydrogens is 178 g/mol. The molecule has 0 radical (unpaired) electrons. The Morgan fingerprint density at radius 1 is 1.29 bits per heavy atom. The normalized spacial score (nSPS) is 22.1. The molecule has 1 aromatic carbocycles. The van der Waals surface area contributed by atoms with Crippen molar-refractivity contribution in [3.63, 3.8) is 0 Å². The molecule has 1 fully saturated rings. The van der Waals surface area contributed by atoms with Crippen LogP contribution in [0.15, 0.2) is 18.2 Å². The number of hydrogen-bond donors (Lipinski definition) is 3. The molecule has 1 aliphatic heterocycles. The van der Waals surface area contributed by atoms with Crippen LogP contribution in [-0.4, -0.2) is 23.3 Å². The van der Waals surface area contributed by atoms with Crippen molar-refractivity contribution < 1.29 is 10.2 Å². The van der Waals surface area contributed by atoms with Gasteiger partial charge in [-0.2, -0.15) is 0 Å². The number of rotatable bonds is 1. The molecule has 3 heteroatoms. The van der Waals surface area contributed by atoms with E-state index in [1.807, 2.05) is 6.07 Å². The number of phenols is 2. The van der Waals surface area contributed by atoms with Crippen LogP contribution < -0.4 is 5.32 Å². The van der Waals surface area contributed by atoms with Gasteiger partial charge in [0.15, 0.2) is 11.5 Å². The Morgan fingerprint density at radius 2 is 2.14 bits per heavy atom. The fourth-order valence-corrected chi connectivity index (χ4v) is 2.00. The van der Waals surface area contributed by atoms with Crippen LogP contribution in [0.4, 0.5) is 0 Å². The van der Waals surface area contributed by atoms with Crippen LogP contribution >= 0.6 is 0 Å². The number of phenolic OH excluding ortho intramolecular Hbond substituents is 2. The smallest absolute Gasteiger partial charge is 0.161 e. The molecular formula is C11H15NO2. The van der Waals surface area contributed by atoms with Gasteiger partial charge < -0.3 is 15.5 Å². The minimum atomic E-state index is -0.0203. The summed E-state index contributed by atoms with van der Waals surface area (Å²) < 4.78 is 0. The summed E-state index contributed by atoms with van der Waals surface area (Å²) in [4.78, 5) is 0. The van der Waals surface area contributed by atoms with E-state index in [2.05, 4.69) is 5.32 Å². The second kappa shape index (κ2) is 3.88. The Kier molecular flexibility index (Phi) is 2.59. The first kappa shape index (κ1) is 9.34. The summed E-state index contributed by atoms with van der Waals surface area (Å²) in [6, 6.07) is 5.17. The molecule has 0 aromatic heterocycles. The maximum Gasteiger partial charge on any atom is 0.161 e. The molecule has 1 aliphatic rings. The van der Waals surface area contributed by atoms with Crippen LogP contribution in [0.5, 0.6) is 11.5 Å². The number of hydrogen-bond acceptors (Lipinski definition) is 3. The van der Waals surface area contributed by atoms with Crippen LogP contribution in [0.3, 0.4) is 0 Å². The predicted octanol–water partition coefficient (Wildman–Crippen LogP) is 1.56. The SMILES string of the molecule is Oc1cccc(C2CCCNC2)c1O. The Bertz CT molecular complexity index is 319. The Morgan fingerprint density at radius 3 is 2.86 bits per heavy atom. The molecule has 1 unspecified atom stereocenters. The minimum Gasteiger partial charge on any atom is -0.504 e. The average Bonchev–Trinajstić information content (AvgIpc) is 2.23. The lowest BCUT2D eigenvalue weighted by Gasteiger charge is -2.23. The van der Waals surface area contributed by atoms with Crippen LogP contribution in [-0.2, 0) is 0 Å². The lowest BCUT2D eigenvalue weighted by Crippen LogP contribution is -2.28. The molecule has 2 rings (SSSR count). The zero-order chi connectivity index (χ0) is 9.97. The molecule has 1 heterocycles. The lowest BCUT2D eigenvalue weighted by atomic mass is 9.91. The zero-order valence-electron chi connectivity index (χ0n) is 8.03. The number of benzene rings is 1. The van der Waals surface area contributed by atoms with Gasteiger partial charge in [-0.1, -0.05) is 12.1 Å². The summed E-state index contributed by atoms with van der Waals surface area (Å²) in [6.45, 7) is 1.94. The molecule has 0 aliphatic carbocycles. The van der Waals surface area contributed by atoms with E-state index >= 15 is 0 Å². The Labute approximate surface area is 83.4 Å². The van der Waals surface area contributed by atoms with Gasteiger partial charge in [-0.15, -0.1) is 0 Å². The summed E-state index contributed by atoms with van der Waals surface area (Å²) in [7, 11) is 0. The third-order valence-corrected chi connectivity index (χ3v) is 2.78. The molecule has 0 amide bonds. The Balaban J connectivity index is 2.26. The van der Waals surface area contributed by atoms with Gasteiger partial charge in [-0.25, -0.2) is 0 Å². The van der Waals surface area contributed by atoms with Gasteiger partial charge in [0.2, 0.25) is 0 Å². The van der Waals surface area contributed by atoms with Gasteiger partial charge in [0, 0.05) is 18.0 Å². The van der Waals surface area contributed by atoms with Gasteiger partial charge in [0.1, 0.15) is 0 Å². The van der Waals surface area contributed by atoms with E-state index < -0.39 is 0 Å². The first-order chi connectivity index (χ1) is 6.79. The van der Waals surface area contributed by atoms with Crippen molar-refractivity contribution in [1.29, 1.82) is 0 Å². The molecule has 0 saturated carbocycles. The van der Waals surface area contributed by atoms with Crippen molar-refractivity contribution in [3.05, 3.63) is 23.8 Å². The van der Waals surface area contributed by atoms with E-state index in [4.69, 9.17) is 0 Å². The molecule has 0 bridgehead atoms. The van der Waals surface area contributed by atoms with Gasteiger partial charge in [0.25, 0.3) is 0 Å². The highest BCUT2D eigenvalue weighted by Gasteiger charge is 2.19. The van der Waals surface area contributed by atoms with Gasteiger partial charge in [-0.3, -0.25) is 0 Å². The molecule has 14 heavy (non-hydrogen) atoms. The minimum absolute atomic E-state index is 0.0203. The molecule has 76 valence electrons. The summed E-state index contributed by atoms with van der Waals surface area (Å²) in [5, 5.41) is 22.3. The van der Waals surface area contributed by atoms with Gasteiger partial charge in [0.05, 0.1) is 0 Å². The largest absolute Gasteiger partial charge is 0.504 e. The second-order valence-corrected chi connectivity index (χ2v) is 3.76. The third kappa shape index (κ3) is 1.68. The maximum absolute atomic E-state index is 9.67. The number of aromatic hydroxyl groups is 2. The highest BCUT2D eigenvalue weighted by molar-refractivity contribution is 5.46. The number of nitrogens with one attached hydrogen (secondary N) is 1. The predicted molar refractivity (Wildman–Crippen MR) is 54.6 cm³/mol. The highest BCUT2D eigenvalue weighted by atomic mass is 16.3. The fourth-order valence-electron chi connectivity index (χ4n) is 2.00. The first-order valence-corrected chi connectivity index (χ1v) is 5.00. The highest BCUT2D eigenvalue weighted by Crippen LogP contribution is 2.35. The maximum atomic E-state index is 9.67. The molecule has 3 N–H and O–H groups in total. The molecule has 1 saturated heterocycles. The number of para-hydroxylation sites is 1. The van der Waals surface area contributed by atoms with E-state index in [1.54, 1.807) is 6.07 Å². The lowest BCUT2D eigenvalue weighted by molar-refractivity contribution is 0.385. The molecule has 3 nitrogen and oxygen atoms in total. The van der Waals surface area contributed by atoms with Crippen LogP contribution in [0.25, 0.3) is 0 Å². The van der Waals surface area contributed by atoms with E-state index in [-0.39, 0.29) is 11.5 Å². The standard InChI is InChI=1S/C11H15NO2/c13-10-5-1-4-9(11(10)14)8-3-2-6-12-7-8/h1,4-5,8,12-14H,2-3,6-7H2. The van der Waals surface area contributed by atoms with Crippen LogP contribution in [0.2, 0.25) is 0 Å². The van der Waals surface area contributed by atoms with Crippen molar-refractivity contribution >= 4 is 0 Å². The molecule has 0 spiro atoms. The van der Waals surface area contributed by atoms with Crippen molar-refractivity contribution in [1.82, 2.24) is 5.32 Å². The summed E-state index contributed by atoms with van der Waals surface area (Å²) in [6.07, 6.45) is 2.20. The first-order valence-electron chi connectivity index (χ1n) is 5.00. The van der Waals surface area contributed by atoms with Crippen LogP contribution in [0, 0.1) is 0 Å². The van der Waals surface area contributed by atoms with Crippen molar-refractivity contribution in [3.8, 4) is 11.5 Å². The number of piperidine rings is 1. The van der Waals surface area contributed by atoms with Gasteiger partial charge >= 0.3 is 0 Å². The van der Waals surface area contributed by atoms with Crippen molar-refractivity contribution in [2.75, 3.05) is 13.1 Å². The topological polar surface area (TPSA) is 52.5 Å². The Hall–Kier alpha value is -1.22. The fraction of sp³-hybridized carbons (Fsp3) is 0.455. The van der Waals surface area contributed by atoms with Crippen LogP contribution in [0.1, 0.15) is 24.3 Å². The summed E-state index contributed by atoms with van der Waals surface area (Å²) in [5.41, 5.74) is 0.859. The van der Waals surface area contributed by atoms with E-state index in [9.17, 15) is 10.2 Å². The van der Waals surface area contributed by atoms with Crippen molar-refractivity contribution in [2.24, 2.45) is 0 Å². The second-order valence-electron chi connectivity index (χ2n) is 3.76. The monoisotopic (exact) mass is 193 g/mol. The average molecular weight is 193 g/mol. The van der Waals surface area contributed by atoms with E-state index in [1.165, 1.54) is 6.07 Å². The molecule has 1 atom stereocenters. The quantitative estimate of drug-likeness (QED) is 0.593. The summed E-state index contributed by atoms with van der Waals surface area (Å²) in [5.74, 6) is 0.352. The molecule has 1 aromatic rings. The van der Waals surface area contributed by atoms with E-state index in [0.29, 0.717) is 5.92 Å². The van der Waals surface area contributed by atoms with Gasteiger partial charge in [-0.05, 0) is 25.5 Å².